The van der Waals surface area contributed by atoms with Gasteiger partial charge in [0.1, 0.15) is 10.0 Å². The van der Waals surface area contributed by atoms with Crippen molar-refractivity contribution in [2.24, 2.45) is 0 Å². The molecule has 2 aromatic heterocycles. The van der Waals surface area contributed by atoms with E-state index in [9.17, 15) is 17.6 Å². The summed E-state index contributed by atoms with van der Waals surface area (Å²) in [6, 6.07) is 6.96. The zero-order chi connectivity index (χ0) is 20.4. The van der Waals surface area contributed by atoms with Crippen LogP contribution in [0.2, 0.25) is 0 Å². The maximum absolute atomic E-state index is 12.9. The number of aromatic nitrogens is 2. The second kappa shape index (κ2) is 8.01. The molecular weight excluding hydrogens is 419 g/mol. The summed E-state index contributed by atoms with van der Waals surface area (Å²) < 4.78 is 45.9. The van der Waals surface area contributed by atoms with E-state index in [1.807, 2.05) is 0 Å². The molecule has 0 atom stereocenters. The molecule has 152 valence electrons. The quantitative estimate of drug-likeness (QED) is 0.637. The van der Waals surface area contributed by atoms with E-state index < -0.39 is 10.0 Å². The van der Waals surface area contributed by atoms with Gasteiger partial charge in [0.2, 0.25) is 15.9 Å². The van der Waals surface area contributed by atoms with Crippen LogP contribution in [0, 0.1) is 5.82 Å². The first-order chi connectivity index (χ1) is 13.9. The van der Waals surface area contributed by atoms with Crippen molar-refractivity contribution in [1.29, 1.82) is 0 Å². The molecule has 0 radical (unpaired) electrons. The number of nitrogens with zero attached hydrogens (tertiary/aromatic N) is 3. The average molecular weight is 436 g/mol. The van der Waals surface area contributed by atoms with E-state index >= 15 is 0 Å². The third-order valence-corrected chi connectivity index (χ3v) is 7.31. The number of hydrogen-bond acceptors (Lipinski definition) is 7. The third kappa shape index (κ3) is 4.36. The summed E-state index contributed by atoms with van der Waals surface area (Å²) in [6.45, 7) is 1.36. The first-order valence-corrected chi connectivity index (χ1v) is 11.2. The fourth-order valence-electron chi connectivity index (χ4n) is 2.90. The van der Waals surface area contributed by atoms with Gasteiger partial charge < -0.3 is 9.32 Å². The molecule has 0 bridgehead atoms. The molecule has 1 aliphatic heterocycles. The molecule has 1 amide bonds. The number of rotatable bonds is 6. The Hall–Kier alpha value is -2.63. The maximum atomic E-state index is 12.9. The van der Waals surface area contributed by atoms with Gasteiger partial charge in [0.05, 0.1) is 5.56 Å². The minimum Gasteiger partial charge on any atom is -0.412 e. The van der Waals surface area contributed by atoms with E-state index in [1.54, 1.807) is 10.3 Å². The molecule has 0 aliphatic carbocycles. The van der Waals surface area contributed by atoms with Crippen molar-refractivity contribution in [2.75, 3.05) is 13.1 Å². The van der Waals surface area contributed by atoms with Gasteiger partial charge in [0, 0.05) is 25.0 Å². The predicted octanol–water partition coefficient (Wildman–Crippen LogP) is 2.65. The molecule has 1 aliphatic rings. The van der Waals surface area contributed by atoms with E-state index in [2.05, 4.69) is 14.9 Å². The number of carbonyl (C=O) groups excluding carboxylic acids is 1. The van der Waals surface area contributed by atoms with Crippen LogP contribution in [0.4, 0.5) is 4.39 Å². The summed E-state index contributed by atoms with van der Waals surface area (Å²) in [5.74, 6) is -0.720. The molecule has 1 fully saturated rings. The van der Waals surface area contributed by atoms with Crippen LogP contribution in [0.15, 0.2) is 44.3 Å². The molecule has 4 rings (SSSR count). The Morgan fingerprint density at radius 2 is 1.93 bits per heavy atom. The van der Waals surface area contributed by atoms with Gasteiger partial charge in [-0.25, -0.2) is 17.5 Å². The van der Waals surface area contributed by atoms with Crippen LogP contribution in [0.5, 0.6) is 0 Å². The van der Waals surface area contributed by atoms with Crippen molar-refractivity contribution in [3.05, 3.63) is 53.0 Å². The largest absolute Gasteiger partial charge is 0.412 e. The lowest BCUT2D eigenvalue weighted by atomic mass is 10.2. The predicted molar refractivity (Wildman–Crippen MR) is 103 cm³/mol. The first-order valence-electron chi connectivity index (χ1n) is 8.88. The smallest absolute Gasteiger partial charge is 0.311 e. The van der Waals surface area contributed by atoms with E-state index in [0.717, 1.165) is 24.2 Å². The second-order valence-corrected chi connectivity index (χ2v) is 9.42. The van der Waals surface area contributed by atoms with Crippen LogP contribution in [0.3, 0.4) is 0 Å². The monoisotopic (exact) mass is 436 g/mol. The molecule has 11 heteroatoms. The molecule has 0 saturated carbocycles. The minimum absolute atomic E-state index is 0.0326. The Morgan fingerprint density at radius 1 is 1.21 bits per heavy atom. The van der Waals surface area contributed by atoms with E-state index in [1.165, 1.54) is 30.3 Å². The summed E-state index contributed by atoms with van der Waals surface area (Å²) in [5, 5.41) is 9.23. The van der Waals surface area contributed by atoms with Gasteiger partial charge >= 0.3 is 11.8 Å². The van der Waals surface area contributed by atoms with Gasteiger partial charge in [-0.2, -0.15) is 0 Å². The molecule has 0 spiro atoms. The van der Waals surface area contributed by atoms with Crippen LogP contribution in [-0.4, -0.2) is 42.5 Å². The molecule has 8 nitrogen and oxygen atoms in total. The number of carbonyl (C=O) groups is 1. The number of benzene rings is 1. The summed E-state index contributed by atoms with van der Waals surface area (Å²) in [4.78, 5) is 14.0. The molecule has 1 N–H and O–H groups in total. The highest BCUT2D eigenvalue weighted by Crippen LogP contribution is 2.28. The van der Waals surface area contributed by atoms with Gasteiger partial charge in [0.25, 0.3) is 0 Å². The van der Waals surface area contributed by atoms with Crippen molar-refractivity contribution in [3.63, 3.8) is 0 Å². The van der Waals surface area contributed by atoms with Gasteiger partial charge in [-0.05, 0) is 36.6 Å². The fraction of sp³-hybridized carbons (Fsp3) is 0.278. The average Bonchev–Trinajstić information content (AvgIpc) is 3.48. The van der Waals surface area contributed by atoms with E-state index in [0.29, 0.717) is 24.2 Å². The van der Waals surface area contributed by atoms with Crippen LogP contribution in [0.25, 0.3) is 11.5 Å². The third-order valence-electron chi connectivity index (χ3n) is 4.47. The Labute approximate surface area is 170 Å². The zero-order valence-corrected chi connectivity index (χ0v) is 16.8. The summed E-state index contributed by atoms with van der Waals surface area (Å²) in [5.41, 5.74) is 1.05. The van der Waals surface area contributed by atoms with Gasteiger partial charge in [-0.15, -0.1) is 21.5 Å². The maximum Gasteiger partial charge on any atom is 0.311 e. The topological polar surface area (TPSA) is 105 Å². The Morgan fingerprint density at radius 3 is 2.66 bits per heavy atom. The number of nitrogens with one attached hydrogen (secondary N) is 1. The van der Waals surface area contributed by atoms with Crippen LogP contribution in [-0.2, 0) is 16.6 Å². The van der Waals surface area contributed by atoms with Crippen molar-refractivity contribution in [3.8, 4) is 11.5 Å². The number of thiophene rings is 1. The summed E-state index contributed by atoms with van der Waals surface area (Å²) >= 11 is 0.998. The van der Waals surface area contributed by atoms with Crippen LogP contribution < -0.4 is 4.72 Å². The van der Waals surface area contributed by atoms with Gasteiger partial charge in [-0.3, -0.25) is 4.79 Å². The Kier molecular flexibility index (Phi) is 5.43. The highest BCUT2D eigenvalue weighted by atomic mass is 32.2. The molecule has 1 aromatic carbocycles. The Bertz CT molecular complexity index is 1120. The van der Waals surface area contributed by atoms with Crippen LogP contribution >= 0.6 is 11.3 Å². The lowest BCUT2D eigenvalue weighted by molar-refractivity contribution is 0.0754. The lowest BCUT2D eigenvalue weighted by Crippen LogP contribution is -2.27. The summed E-state index contributed by atoms with van der Waals surface area (Å²) in [7, 11) is -3.77. The SMILES string of the molecule is O=C(c1nnc(-c2csc(S(=O)(=O)NCc3ccc(F)cc3)c2)o1)N1CCCC1. The number of halogens is 1. The van der Waals surface area contributed by atoms with Crippen molar-refractivity contribution >= 4 is 27.3 Å². The lowest BCUT2D eigenvalue weighted by Gasteiger charge is -2.11. The molecule has 29 heavy (non-hydrogen) atoms. The van der Waals surface area contributed by atoms with Crippen molar-refractivity contribution in [1.82, 2.24) is 19.8 Å². The first kappa shape index (κ1) is 19.7. The Balaban J connectivity index is 1.46. The number of likely N-dealkylation sites (tertiary alicyclic amines) is 1. The molecular formula is C18H17FN4O4S2. The van der Waals surface area contributed by atoms with Crippen molar-refractivity contribution < 1.29 is 22.0 Å². The molecule has 1 saturated heterocycles. The van der Waals surface area contributed by atoms with E-state index in [-0.39, 0.29) is 34.3 Å². The summed E-state index contributed by atoms with van der Waals surface area (Å²) in [6.07, 6.45) is 1.90. The highest BCUT2D eigenvalue weighted by molar-refractivity contribution is 7.91. The number of hydrogen-bond donors (Lipinski definition) is 1. The fourth-order valence-corrected chi connectivity index (χ4v) is 5.12. The van der Waals surface area contributed by atoms with Crippen LogP contribution in [0.1, 0.15) is 29.1 Å². The molecule has 3 heterocycles. The molecule has 3 aromatic rings. The number of amides is 1. The normalized spacial score (nSPS) is 14.4. The highest BCUT2D eigenvalue weighted by Gasteiger charge is 2.25. The zero-order valence-electron chi connectivity index (χ0n) is 15.2. The molecule has 0 unspecified atom stereocenters. The van der Waals surface area contributed by atoms with Gasteiger partial charge in [-0.1, -0.05) is 12.1 Å². The van der Waals surface area contributed by atoms with Crippen molar-refractivity contribution in [2.45, 2.75) is 23.6 Å². The standard InChI is InChI=1S/C18H17FN4O4S2/c19-14-5-3-12(4-6-14)10-20-29(25,26)15-9-13(11-28-15)16-21-22-17(27-16)18(24)23-7-1-2-8-23/h3-6,9,11,20H,1-2,7-8,10H2. The second-order valence-electron chi connectivity index (χ2n) is 6.52. The number of sulfonamides is 1. The van der Waals surface area contributed by atoms with E-state index in [4.69, 9.17) is 4.42 Å². The van der Waals surface area contributed by atoms with Gasteiger partial charge in [0.15, 0.2) is 0 Å². The minimum atomic E-state index is -3.77.